The molecule has 1 aliphatic rings. The molecule has 6 N–H and O–H groups in total. The van der Waals surface area contributed by atoms with Crippen molar-refractivity contribution >= 4 is 29.4 Å². The van der Waals surface area contributed by atoms with Gasteiger partial charge >= 0.3 is 0 Å². The van der Waals surface area contributed by atoms with Crippen LogP contribution in [0.5, 0.6) is 0 Å². The number of aromatic nitrogens is 3. The van der Waals surface area contributed by atoms with E-state index in [1.54, 1.807) is 12.1 Å². The van der Waals surface area contributed by atoms with Crippen LogP contribution in [0.1, 0.15) is 49.5 Å². The van der Waals surface area contributed by atoms with Crippen LogP contribution < -0.4 is 27.0 Å². The fourth-order valence-electron chi connectivity index (χ4n) is 3.12. The second-order valence-electron chi connectivity index (χ2n) is 8.90. The number of anilines is 4. The minimum atomic E-state index is -0.477. The zero-order valence-corrected chi connectivity index (χ0v) is 18.2. The molecule has 1 amide bonds. The highest BCUT2D eigenvalue weighted by atomic mass is 16.1. The first-order chi connectivity index (χ1) is 14.2. The summed E-state index contributed by atoms with van der Waals surface area (Å²) in [6.45, 7) is 11.1. The van der Waals surface area contributed by atoms with E-state index in [-0.39, 0.29) is 11.5 Å². The van der Waals surface area contributed by atoms with E-state index in [1.165, 1.54) is 0 Å². The van der Waals surface area contributed by atoms with E-state index in [0.717, 1.165) is 43.7 Å². The van der Waals surface area contributed by atoms with E-state index in [1.807, 2.05) is 13.0 Å². The maximum Gasteiger partial charge on any atom is 0.248 e. The van der Waals surface area contributed by atoms with Crippen LogP contribution in [0.25, 0.3) is 0 Å². The first-order valence-electron chi connectivity index (χ1n) is 10.3. The zero-order valence-electron chi connectivity index (χ0n) is 18.2. The van der Waals surface area contributed by atoms with Crippen LogP contribution in [-0.2, 0) is 0 Å². The smallest absolute Gasteiger partial charge is 0.248 e. The Bertz CT molecular complexity index is 887. The number of aryl methyl sites for hydroxylation is 1. The van der Waals surface area contributed by atoms with Crippen LogP contribution in [0, 0.1) is 12.3 Å². The van der Waals surface area contributed by atoms with Crippen molar-refractivity contribution in [2.45, 2.75) is 46.6 Å². The SMILES string of the molecule is Cc1ccc(C(N)=O)cc1Nc1nc(NCCC(C)(C)C)nc(N[C@@H]2CCNC2)n1. The summed E-state index contributed by atoms with van der Waals surface area (Å²) < 4.78 is 0. The predicted octanol–water partition coefficient (Wildman–Crippen LogP) is 2.64. The van der Waals surface area contributed by atoms with Crippen molar-refractivity contribution in [2.75, 3.05) is 35.6 Å². The predicted molar refractivity (Wildman–Crippen MR) is 120 cm³/mol. The van der Waals surface area contributed by atoms with Gasteiger partial charge < -0.3 is 27.0 Å². The lowest BCUT2D eigenvalue weighted by Gasteiger charge is -2.19. The molecule has 0 saturated carbocycles. The molecule has 1 aliphatic heterocycles. The molecule has 9 heteroatoms. The van der Waals surface area contributed by atoms with Crippen molar-refractivity contribution in [1.82, 2.24) is 20.3 Å². The van der Waals surface area contributed by atoms with Crippen LogP contribution in [0.3, 0.4) is 0 Å². The third-order valence-electron chi connectivity index (χ3n) is 4.96. The van der Waals surface area contributed by atoms with E-state index in [4.69, 9.17) is 5.73 Å². The molecule has 1 atom stereocenters. The molecule has 1 aromatic heterocycles. The summed E-state index contributed by atoms with van der Waals surface area (Å²) in [5, 5.41) is 13.2. The molecule has 3 rings (SSSR count). The maximum absolute atomic E-state index is 11.5. The Kier molecular flexibility index (Phi) is 6.71. The molecule has 1 saturated heterocycles. The van der Waals surface area contributed by atoms with Gasteiger partial charge in [-0.05, 0) is 49.4 Å². The van der Waals surface area contributed by atoms with Crippen molar-refractivity contribution < 1.29 is 4.79 Å². The second kappa shape index (κ2) is 9.25. The average molecular weight is 413 g/mol. The first kappa shape index (κ1) is 21.8. The molecule has 2 heterocycles. The molecule has 0 bridgehead atoms. The molecule has 0 aliphatic carbocycles. The van der Waals surface area contributed by atoms with Gasteiger partial charge in [0.25, 0.3) is 0 Å². The lowest BCUT2D eigenvalue weighted by molar-refractivity contribution is 0.100. The lowest BCUT2D eigenvalue weighted by atomic mass is 9.92. The number of nitrogens with two attached hydrogens (primary N) is 1. The van der Waals surface area contributed by atoms with Crippen molar-refractivity contribution in [3.63, 3.8) is 0 Å². The summed E-state index contributed by atoms with van der Waals surface area (Å²) in [4.78, 5) is 25.1. The zero-order chi connectivity index (χ0) is 21.7. The molecule has 162 valence electrons. The van der Waals surface area contributed by atoms with E-state index in [9.17, 15) is 4.79 Å². The van der Waals surface area contributed by atoms with Gasteiger partial charge in [-0.1, -0.05) is 26.8 Å². The minimum absolute atomic E-state index is 0.212. The number of nitrogens with one attached hydrogen (secondary N) is 4. The molecule has 2 aromatic rings. The van der Waals surface area contributed by atoms with Gasteiger partial charge in [0.05, 0.1) is 0 Å². The number of rotatable bonds is 8. The van der Waals surface area contributed by atoms with Gasteiger partial charge in [0.15, 0.2) is 0 Å². The Morgan fingerprint density at radius 1 is 1.20 bits per heavy atom. The van der Waals surface area contributed by atoms with Crippen molar-refractivity contribution in [1.29, 1.82) is 0 Å². The van der Waals surface area contributed by atoms with Crippen LogP contribution in [0.2, 0.25) is 0 Å². The van der Waals surface area contributed by atoms with Crippen LogP contribution in [-0.4, -0.2) is 46.5 Å². The fourth-order valence-corrected chi connectivity index (χ4v) is 3.12. The molecule has 0 radical (unpaired) electrons. The van der Waals surface area contributed by atoms with E-state index >= 15 is 0 Å². The van der Waals surface area contributed by atoms with Gasteiger partial charge in [0.2, 0.25) is 23.8 Å². The van der Waals surface area contributed by atoms with Crippen molar-refractivity contribution in [2.24, 2.45) is 11.1 Å². The quantitative estimate of drug-likeness (QED) is 0.447. The Labute approximate surface area is 177 Å². The number of hydrogen-bond acceptors (Lipinski definition) is 8. The second-order valence-corrected chi connectivity index (χ2v) is 8.90. The average Bonchev–Trinajstić information content (AvgIpc) is 3.15. The standard InChI is InChI=1S/C21H32N8O/c1-13-5-6-14(17(22)30)11-16(13)26-20-28-18(24-10-8-21(2,3)4)27-19(29-20)25-15-7-9-23-12-15/h5-6,11,15,23H,7-10,12H2,1-4H3,(H2,22,30)(H3,24,25,26,27,28,29)/t15-/m1/s1. The normalized spacial score (nSPS) is 16.3. The van der Waals surface area contributed by atoms with Crippen LogP contribution in [0.4, 0.5) is 23.5 Å². The topological polar surface area (TPSA) is 130 Å². The molecule has 1 aromatic carbocycles. The van der Waals surface area contributed by atoms with E-state index in [0.29, 0.717) is 23.4 Å². The van der Waals surface area contributed by atoms with Gasteiger partial charge in [-0.2, -0.15) is 15.0 Å². The molecular formula is C21H32N8O. The van der Waals surface area contributed by atoms with E-state index in [2.05, 4.69) is 57.0 Å². The third-order valence-corrected chi connectivity index (χ3v) is 4.96. The van der Waals surface area contributed by atoms with Crippen molar-refractivity contribution in [3.05, 3.63) is 29.3 Å². The largest absolute Gasteiger partial charge is 0.366 e. The number of hydrogen-bond donors (Lipinski definition) is 5. The van der Waals surface area contributed by atoms with E-state index < -0.39 is 5.91 Å². The molecule has 1 fully saturated rings. The highest BCUT2D eigenvalue weighted by Crippen LogP contribution is 2.22. The Morgan fingerprint density at radius 2 is 1.93 bits per heavy atom. The molecule has 30 heavy (non-hydrogen) atoms. The summed E-state index contributed by atoms with van der Waals surface area (Å²) in [6.07, 6.45) is 2.00. The molecule has 0 spiro atoms. The number of amides is 1. The van der Waals surface area contributed by atoms with Gasteiger partial charge in [0.1, 0.15) is 0 Å². The van der Waals surface area contributed by atoms with Crippen molar-refractivity contribution in [3.8, 4) is 0 Å². The lowest BCUT2D eigenvalue weighted by Crippen LogP contribution is -2.24. The molecule has 0 unspecified atom stereocenters. The van der Waals surface area contributed by atoms with Gasteiger partial charge in [0, 0.05) is 30.4 Å². The summed E-state index contributed by atoms with van der Waals surface area (Å²) in [5.41, 5.74) is 7.74. The number of benzene rings is 1. The number of carbonyl (C=O) groups is 1. The first-order valence-corrected chi connectivity index (χ1v) is 10.3. The summed E-state index contributed by atoms with van der Waals surface area (Å²) in [5.74, 6) is 0.952. The van der Waals surface area contributed by atoms with Gasteiger partial charge in [-0.25, -0.2) is 0 Å². The van der Waals surface area contributed by atoms with Crippen LogP contribution in [0.15, 0.2) is 18.2 Å². The number of nitrogens with zero attached hydrogens (tertiary/aromatic N) is 3. The molecular weight excluding hydrogens is 380 g/mol. The Hall–Kier alpha value is -2.94. The Morgan fingerprint density at radius 3 is 2.60 bits per heavy atom. The summed E-state index contributed by atoms with van der Waals surface area (Å²) >= 11 is 0. The maximum atomic E-state index is 11.5. The third kappa shape index (κ3) is 6.28. The van der Waals surface area contributed by atoms with Gasteiger partial charge in [-0.15, -0.1) is 0 Å². The summed E-state index contributed by atoms with van der Waals surface area (Å²) in [7, 11) is 0. The fraction of sp³-hybridized carbons (Fsp3) is 0.524. The highest BCUT2D eigenvalue weighted by Gasteiger charge is 2.17. The minimum Gasteiger partial charge on any atom is -0.366 e. The molecule has 9 nitrogen and oxygen atoms in total. The Balaban J connectivity index is 1.83. The highest BCUT2D eigenvalue weighted by molar-refractivity contribution is 5.94. The summed E-state index contributed by atoms with van der Waals surface area (Å²) in [6, 6.07) is 5.54. The van der Waals surface area contributed by atoms with Gasteiger partial charge in [-0.3, -0.25) is 4.79 Å². The monoisotopic (exact) mass is 412 g/mol. The van der Waals surface area contributed by atoms with Crippen LogP contribution >= 0.6 is 0 Å². The number of carbonyl (C=O) groups excluding carboxylic acids is 1. The number of primary amides is 1.